The molecule has 0 radical (unpaired) electrons. The van der Waals surface area contributed by atoms with E-state index in [4.69, 9.17) is 9.57 Å². The number of hydrogen-bond donors (Lipinski definition) is 0. The molecule has 1 aromatic rings. The number of esters is 1. The highest BCUT2D eigenvalue weighted by Gasteiger charge is 2.55. The second kappa shape index (κ2) is 6.75. The summed E-state index contributed by atoms with van der Waals surface area (Å²) in [6.07, 6.45) is 3.86. The number of rotatable bonds is 6. The molecule has 0 bridgehead atoms. The Bertz CT molecular complexity index is 569. The van der Waals surface area contributed by atoms with Crippen molar-refractivity contribution in [1.29, 1.82) is 0 Å². The van der Waals surface area contributed by atoms with Gasteiger partial charge in [-0.2, -0.15) is 0 Å². The molecule has 0 saturated heterocycles. The van der Waals surface area contributed by atoms with E-state index < -0.39 is 11.4 Å². The van der Waals surface area contributed by atoms with Crippen molar-refractivity contribution in [3.8, 4) is 0 Å². The van der Waals surface area contributed by atoms with Gasteiger partial charge in [0.15, 0.2) is 0 Å². The molecule has 5 heteroatoms. The number of amides is 1. The summed E-state index contributed by atoms with van der Waals surface area (Å²) in [6, 6.07) is 9.49. The molecular weight excluding hydrogens is 282 g/mol. The highest BCUT2D eigenvalue weighted by atomic mass is 16.7. The maximum atomic E-state index is 12.1. The van der Waals surface area contributed by atoms with E-state index in [1.54, 1.807) is 13.1 Å². The van der Waals surface area contributed by atoms with E-state index in [0.29, 0.717) is 6.42 Å². The lowest BCUT2D eigenvalue weighted by Crippen LogP contribution is -2.32. The van der Waals surface area contributed by atoms with Gasteiger partial charge in [0.05, 0.1) is 12.5 Å². The molecule has 1 aliphatic rings. The fourth-order valence-corrected chi connectivity index (χ4v) is 2.34. The Morgan fingerprint density at radius 1 is 1.36 bits per heavy atom. The Balaban J connectivity index is 1.81. The lowest BCUT2D eigenvalue weighted by molar-refractivity contribution is -0.174. The number of ether oxygens (including phenoxy) is 1. The van der Waals surface area contributed by atoms with Crippen LogP contribution in [0.5, 0.6) is 0 Å². The molecule has 2 rings (SSSR count). The monoisotopic (exact) mass is 303 g/mol. The second-order valence-corrected chi connectivity index (χ2v) is 5.67. The van der Waals surface area contributed by atoms with Gasteiger partial charge in [-0.15, -0.1) is 0 Å². The molecule has 1 amide bonds. The van der Waals surface area contributed by atoms with Crippen LogP contribution in [0.4, 0.5) is 0 Å². The van der Waals surface area contributed by atoms with Crippen molar-refractivity contribution in [2.75, 3.05) is 14.2 Å². The Kier molecular flexibility index (Phi) is 4.98. The Labute approximate surface area is 130 Å². The average Bonchev–Trinajstić information content (AvgIpc) is 3.22. The number of allylic oxidation sites excluding steroid dienone is 1. The number of hydrogen-bond acceptors (Lipinski definition) is 4. The van der Waals surface area contributed by atoms with Gasteiger partial charge in [-0.3, -0.25) is 9.63 Å². The third-order valence-corrected chi connectivity index (χ3v) is 4.04. The predicted molar refractivity (Wildman–Crippen MR) is 81.4 cm³/mol. The first-order valence-corrected chi connectivity index (χ1v) is 7.18. The van der Waals surface area contributed by atoms with E-state index in [-0.39, 0.29) is 18.4 Å². The van der Waals surface area contributed by atoms with Crippen molar-refractivity contribution in [3.63, 3.8) is 0 Å². The van der Waals surface area contributed by atoms with Crippen LogP contribution in [-0.2, 0) is 25.8 Å². The van der Waals surface area contributed by atoms with Crippen molar-refractivity contribution in [2.45, 2.75) is 20.0 Å². The number of benzene rings is 1. The van der Waals surface area contributed by atoms with Crippen LogP contribution in [-0.4, -0.2) is 31.1 Å². The van der Waals surface area contributed by atoms with Crippen LogP contribution in [0.1, 0.15) is 18.9 Å². The third-order valence-electron chi connectivity index (χ3n) is 4.04. The predicted octanol–water partition coefficient (Wildman–Crippen LogP) is 2.33. The minimum Gasteiger partial charge on any atom is -0.458 e. The SMILES string of the molecule is CON(C)C(=O)C1(C)CC1/C=C/C(=O)OCc1ccccc1. The van der Waals surface area contributed by atoms with Gasteiger partial charge in [-0.25, -0.2) is 9.86 Å². The van der Waals surface area contributed by atoms with E-state index in [9.17, 15) is 9.59 Å². The number of hydroxylamine groups is 2. The van der Waals surface area contributed by atoms with Gasteiger partial charge in [0.2, 0.25) is 0 Å². The quantitative estimate of drug-likeness (QED) is 0.460. The summed E-state index contributed by atoms with van der Waals surface area (Å²) < 4.78 is 5.16. The van der Waals surface area contributed by atoms with Crippen LogP contribution < -0.4 is 0 Å². The molecule has 0 aromatic heterocycles. The summed E-state index contributed by atoms with van der Waals surface area (Å²) in [4.78, 5) is 28.7. The highest BCUT2D eigenvalue weighted by molar-refractivity contribution is 5.86. The van der Waals surface area contributed by atoms with Crippen LogP contribution in [0.15, 0.2) is 42.5 Å². The maximum absolute atomic E-state index is 12.1. The standard InChI is InChI=1S/C17H21NO4/c1-17(16(20)18(2)21-3)11-14(17)9-10-15(19)22-12-13-7-5-4-6-8-13/h4-10,14H,11-12H2,1-3H3/b10-9+. The normalized spacial score (nSPS) is 23.3. The number of nitrogens with zero attached hydrogens (tertiary/aromatic N) is 1. The van der Waals surface area contributed by atoms with E-state index >= 15 is 0 Å². The van der Waals surface area contributed by atoms with E-state index in [1.165, 1.54) is 18.2 Å². The molecule has 1 fully saturated rings. The van der Waals surface area contributed by atoms with E-state index in [1.807, 2.05) is 37.3 Å². The first kappa shape index (κ1) is 16.2. The fraction of sp³-hybridized carbons (Fsp3) is 0.412. The van der Waals surface area contributed by atoms with Gasteiger partial charge in [0.1, 0.15) is 6.61 Å². The molecule has 0 N–H and O–H groups in total. The first-order chi connectivity index (χ1) is 10.5. The molecule has 1 aromatic carbocycles. The molecule has 1 saturated carbocycles. The molecule has 2 atom stereocenters. The van der Waals surface area contributed by atoms with Crippen molar-refractivity contribution < 1.29 is 19.2 Å². The molecule has 118 valence electrons. The van der Waals surface area contributed by atoms with Crippen molar-refractivity contribution in [2.24, 2.45) is 11.3 Å². The van der Waals surface area contributed by atoms with Gasteiger partial charge in [0.25, 0.3) is 5.91 Å². The summed E-state index contributed by atoms with van der Waals surface area (Å²) in [7, 11) is 3.04. The van der Waals surface area contributed by atoms with Crippen LogP contribution in [0.2, 0.25) is 0 Å². The average molecular weight is 303 g/mol. The van der Waals surface area contributed by atoms with Gasteiger partial charge in [-0.1, -0.05) is 43.3 Å². The topological polar surface area (TPSA) is 55.8 Å². The van der Waals surface area contributed by atoms with Crippen molar-refractivity contribution in [1.82, 2.24) is 5.06 Å². The largest absolute Gasteiger partial charge is 0.458 e. The zero-order valence-electron chi connectivity index (χ0n) is 13.1. The molecule has 1 aliphatic carbocycles. The van der Waals surface area contributed by atoms with Gasteiger partial charge in [-0.05, 0) is 17.9 Å². The first-order valence-electron chi connectivity index (χ1n) is 7.18. The zero-order chi connectivity index (χ0) is 16.2. The van der Waals surface area contributed by atoms with Crippen LogP contribution in [0.25, 0.3) is 0 Å². The maximum Gasteiger partial charge on any atom is 0.330 e. The smallest absolute Gasteiger partial charge is 0.330 e. The summed E-state index contributed by atoms with van der Waals surface area (Å²) in [6.45, 7) is 2.12. The minimum atomic E-state index is -0.485. The van der Waals surface area contributed by atoms with E-state index in [2.05, 4.69) is 0 Å². The second-order valence-electron chi connectivity index (χ2n) is 5.67. The molecule has 22 heavy (non-hydrogen) atoms. The van der Waals surface area contributed by atoms with Crippen molar-refractivity contribution in [3.05, 3.63) is 48.0 Å². The molecule has 0 aliphatic heterocycles. The summed E-state index contributed by atoms with van der Waals surface area (Å²) in [5, 5.41) is 1.22. The summed E-state index contributed by atoms with van der Waals surface area (Å²) in [5.74, 6) is -0.435. The lowest BCUT2D eigenvalue weighted by atomic mass is 10.1. The Morgan fingerprint density at radius 2 is 2.05 bits per heavy atom. The van der Waals surface area contributed by atoms with Gasteiger partial charge < -0.3 is 4.74 Å². The number of carbonyl (C=O) groups is 2. The van der Waals surface area contributed by atoms with Gasteiger partial charge in [0, 0.05) is 13.1 Å². The molecule has 0 spiro atoms. The van der Waals surface area contributed by atoms with E-state index in [0.717, 1.165) is 5.56 Å². The molecular formula is C17H21NO4. The fourth-order valence-electron chi connectivity index (χ4n) is 2.34. The Hall–Kier alpha value is -2.14. The summed E-state index contributed by atoms with van der Waals surface area (Å²) >= 11 is 0. The molecule has 5 nitrogen and oxygen atoms in total. The highest BCUT2D eigenvalue weighted by Crippen LogP contribution is 2.54. The van der Waals surface area contributed by atoms with Crippen LogP contribution in [0, 0.1) is 11.3 Å². The number of carbonyl (C=O) groups excluding carboxylic acids is 2. The Morgan fingerprint density at radius 3 is 2.68 bits per heavy atom. The van der Waals surface area contributed by atoms with Gasteiger partial charge >= 0.3 is 5.97 Å². The lowest BCUT2D eigenvalue weighted by Gasteiger charge is -2.18. The third kappa shape index (κ3) is 3.74. The summed E-state index contributed by atoms with van der Waals surface area (Å²) in [5.41, 5.74) is 0.457. The van der Waals surface area contributed by atoms with Crippen LogP contribution in [0.3, 0.4) is 0 Å². The van der Waals surface area contributed by atoms with Crippen LogP contribution >= 0.6 is 0 Å². The zero-order valence-corrected chi connectivity index (χ0v) is 13.1. The molecule has 0 heterocycles. The molecule has 2 unspecified atom stereocenters. The minimum absolute atomic E-state index is 0.0434. The van der Waals surface area contributed by atoms with Crippen molar-refractivity contribution >= 4 is 11.9 Å².